The van der Waals surface area contributed by atoms with Gasteiger partial charge in [-0.1, -0.05) is 39.0 Å². The molecular weight excluding hydrogens is 456 g/mol. The largest absolute Gasteiger partial charge is 1.00 e. The van der Waals surface area contributed by atoms with Crippen LogP contribution >= 0.6 is 0 Å². The van der Waals surface area contributed by atoms with Gasteiger partial charge in [0.1, 0.15) is 30.8 Å². The van der Waals surface area contributed by atoms with E-state index in [0.717, 1.165) is 6.54 Å². The van der Waals surface area contributed by atoms with Gasteiger partial charge < -0.3 is 34.0 Å². The molecule has 0 saturated heterocycles. The van der Waals surface area contributed by atoms with Crippen molar-refractivity contribution in [1.82, 2.24) is 9.97 Å². The molecule has 2 rings (SSSR count). The van der Waals surface area contributed by atoms with Crippen LogP contribution in [-0.2, 0) is 6.54 Å². The Kier molecular flexibility index (Phi) is 14.1. The molecule has 0 bridgehead atoms. The number of H-pyrrole nitrogens is 2. The second-order valence-electron chi connectivity index (χ2n) is 7.04. The molecule has 0 saturated carbocycles. The summed E-state index contributed by atoms with van der Waals surface area (Å²) < 4.78 is 4.76. The zero-order valence-electron chi connectivity index (χ0n) is 16.6. The number of aromatic nitrogens is 4. The molecule has 2 N–H and O–H groups in total. The van der Waals surface area contributed by atoms with E-state index >= 15 is 0 Å². The van der Waals surface area contributed by atoms with Crippen LogP contribution in [0.4, 0.5) is 0 Å². The van der Waals surface area contributed by atoms with E-state index < -0.39 is 0 Å². The summed E-state index contributed by atoms with van der Waals surface area (Å²) in [7, 11) is 0. The molecule has 2 aromatic rings. The third kappa shape index (κ3) is 8.38. The van der Waals surface area contributed by atoms with E-state index in [0.29, 0.717) is 6.04 Å². The molecule has 2 aromatic heterocycles. The highest BCUT2D eigenvalue weighted by Gasteiger charge is 2.19. The van der Waals surface area contributed by atoms with Crippen LogP contribution in [0.15, 0.2) is 24.8 Å². The fraction of sp³-hybridized carbons (Fsp3) is 0.700. The van der Waals surface area contributed by atoms with Crippen molar-refractivity contribution in [3.8, 4) is 0 Å². The van der Waals surface area contributed by atoms with Gasteiger partial charge in [-0.05, 0) is 25.7 Å². The zero-order valence-corrected chi connectivity index (χ0v) is 19.8. The number of hydrogen-bond donors (Lipinski definition) is 2. The van der Waals surface area contributed by atoms with Gasteiger partial charge >= 0.3 is 0 Å². The first-order valence-electron chi connectivity index (χ1n) is 9.81. The molecular formula is C20H36Br2N4. The Morgan fingerprint density at radius 1 is 0.808 bits per heavy atom. The average Bonchev–Trinajstić information content (AvgIpc) is 3.17. The van der Waals surface area contributed by atoms with E-state index in [1.165, 1.54) is 69.4 Å². The second kappa shape index (κ2) is 14.4. The van der Waals surface area contributed by atoms with Gasteiger partial charge in [-0.2, -0.15) is 0 Å². The van der Waals surface area contributed by atoms with Crippen molar-refractivity contribution in [3.63, 3.8) is 0 Å². The van der Waals surface area contributed by atoms with Gasteiger partial charge in [-0.15, -0.1) is 0 Å². The minimum atomic E-state index is 0. The lowest BCUT2D eigenvalue weighted by Crippen LogP contribution is -3.00. The molecule has 0 spiro atoms. The molecule has 26 heavy (non-hydrogen) atoms. The van der Waals surface area contributed by atoms with Crippen LogP contribution in [0.1, 0.15) is 82.4 Å². The summed E-state index contributed by atoms with van der Waals surface area (Å²) in [6, 6.07) is 0.627. The molecule has 4 nitrogen and oxygen atoms in total. The number of nitrogens with one attached hydrogen (secondary N) is 2. The summed E-state index contributed by atoms with van der Waals surface area (Å²) in [5.74, 6) is 2.52. The van der Waals surface area contributed by atoms with Crippen LogP contribution in [0.2, 0.25) is 0 Å². The van der Waals surface area contributed by atoms with Gasteiger partial charge in [-0.3, -0.25) is 0 Å². The number of nitrogens with zero attached hydrogens (tertiary/aromatic N) is 2. The maximum Gasteiger partial charge on any atom is 0.251 e. The third-order valence-corrected chi connectivity index (χ3v) is 5.11. The van der Waals surface area contributed by atoms with Gasteiger partial charge in [0.15, 0.2) is 0 Å². The Morgan fingerprint density at radius 2 is 1.42 bits per heavy atom. The fourth-order valence-corrected chi connectivity index (χ4v) is 3.58. The number of halogens is 2. The van der Waals surface area contributed by atoms with Crippen LogP contribution in [0.3, 0.4) is 0 Å². The minimum Gasteiger partial charge on any atom is -1.00 e. The summed E-state index contributed by atoms with van der Waals surface area (Å²) in [6.45, 7) is 7.70. The predicted molar refractivity (Wildman–Crippen MR) is 97.7 cm³/mol. The zero-order chi connectivity index (χ0) is 17.2. The quantitative estimate of drug-likeness (QED) is 0.263. The van der Waals surface area contributed by atoms with E-state index in [9.17, 15) is 0 Å². The molecule has 0 aromatic carbocycles. The van der Waals surface area contributed by atoms with Crippen LogP contribution in [-0.4, -0.2) is 9.97 Å². The lowest BCUT2D eigenvalue weighted by Gasteiger charge is -2.15. The minimum absolute atomic E-state index is 0. The molecule has 2 heterocycles. The van der Waals surface area contributed by atoms with Crippen molar-refractivity contribution >= 4 is 0 Å². The molecule has 150 valence electrons. The molecule has 0 amide bonds. The van der Waals surface area contributed by atoms with Crippen LogP contribution in [0, 0.1) is 13.8 Å². The predicted octanol–water partition coefficient (Wildman–Crippen LogP) is -1.69. The Balaban J connectivity index is 0.00000312. The molecule has 0 aliphatic rings. The van der Waals surface area contributed by atoms with E-state index in [1.807, 2.05) is 6.20 Å². The molecule has 0 aliphatic heterocycles. The number of hydrogen-bond acceptors (Lipinski definition) is 0. The number of rotatable bonds is 12. The molecule has 0 radical (unpaired) electrons. The number of imidazole rings is 2. The highest BCUT2D eigenvalue weighted by molar-refractivity contribution is 4.73. The van der Waals surface area contributed by atoms with Crippen molar-refractivity contribution in [2.75, 3.05) is 0 Å². The number of aromatic amines is 2. The Hall–Kier alpha value is -0.620. The van der Waals surface area contributed by atoms with E-state index in [2.05, 4.69) is 58.5 Å². The van der Waals surface area contributed by atoms with Gasteiger partial charge in [0.25, 0.3) is 11.6 Å². The fourth-order valence-electron chi connectivity index (χ4n) is 3.58. The highest BCUT2D eigenvalue weighted by Crippen LogP contribution is 2.17. The summed E-state index contributed by atoms with van der Waals surface area (Å²) in [5, 5.41) is 0. The Bertz CT molecular complexity index is 580. The summed E-state index contributed by atoms with van der Waals surface area (Å²) in [4.78, 5) is 6.59. The molecule has 1 unspecified atom stereocenters. The normalized spacial score (nSPS) is 11.7. The monoisotopic (exact) mass is 490 g/mol. The average molecular weight is 492 g/mol. The van der Waals surface area contributed by atoms with Gasteiger partial charge in [0.2, 0.25) is 0 Å². The summed E-state index contributed by atoms with van der Waals surface area (Å²) in [5.41, 5.74) is 0. The topological polar surface area (TPSA) is 39.3 Å². The van der Waals surface area contributed by atoms with Gasteiger partial charge in [0.05, 0.1) is 6.54 Å². The third-order valence-electron chi connectivity index (χ3n) is 5.11. The standard InChI is InChI=1S/C20H34N4.2BrH/c1-4-5-6-7-8-9-11-20(24-17-14-22-19(24)3)12-10-15-23-16-13-21-18(23)2;;/h13-14,16-17,20H,4-12,15H2,1-3H3;2*1H. The van der Waals surface area contributed by atoms with Gasteiger partial charge in [-0.25, -0.2) is 19.1 Å². The van der Waals surface area contributed by atoms with E-state index in [4.69, 9.17) is 0 Å². The highest BCUT2D eigenvalue weighted by atomic mass is 79.9. The first-order valence-corrected chi connectivity index (χ1v) is 9.81. The van der Waals surface area contributed by atoms with Crippen molar-refractivity contribution in [2.45, 2.75) is 91.1 Å². The smallest absolute Gasteiger partial charge is 0.251 e. The molecule has 6 heteroatoms. The first-order chi connectivity index (χ1) is 11.7. The molecule has 0 fully saturated rings. The molecule has 0 aliphatic carbocycles. The van der Waals surface area contributed by atoms with Crippen LogP contribution in [0.25, 0.3) is 0 Å². The molecule has 1 atom stereocenters. The SMILES string of the molecule is CCCCCCCCC(CCC[n+]1cc[nH]c1C)[n+]1cc[nH]c1C.[Br-].[Br-]. The lowest BCUT2D eigenvalue weighted by atomic mass is 10.0. The Morgan fingerprint density at radius 3 is 2.04 bits per heavy atom. The summed E-state index contributed by atoms with van der Waals surface area (Å²) >= 11 is 0. The lowest BCUT2D eigenvalue weighted by molar-refractivity contribution is -0.732. The maximum absolute atomic E-state index is 3.33. The van der Waals surface area contributed by atoms with Crippen LogP contribution in [0.5, 0.6) is 0 Å². The maximum atomic E-state index is 3.33. The Labute approximate surface area is 180 Å². The number of aryl methyl sites for hydroxylation is 3. The van der Waals surface area contributed by atoms with Crippen molar-refractivity contribution in [2.24, 2.45) is 0 Å². The second-order valence-corrected chi connectivity index (χ2v) is 7.04. The van der Waals surface area contributed by atoms with Gasteiger partial charge in [0, 0.05) is 13.8 Å². The van der Waals surface area contributed by atoms with Crippen LogP contribution < -0.4 is 43.1 Å². The van der Waals surface area contributed by atoms with Crippen molar-refractivity contribution < 1.29 is 43.1 Å². The van der Waals surface area contributed by atoms with E-state index in [1.54, 1.807) is 0 Å². The van der Waals surface area contributed by atoms with Crippen molar-refractivity contribution in [1.29, 1.82) is 0 Å². The summed E-state index contributed by atoms with van der Waals surface area (Å²) in [6.07, 6.45) is 20.5. The first kappa shape index (κ1) is 25.4. The van der Waals surface area contributed by atoms with Crippen molar-refractivity contribution in [3.05, 3.63) is 36.4 Å². The van der Waals surface area contributed by atoms with E-state index in [-0.39, 0.29) is 34.0 Å². The number of unbranched alkanes of at least 4 members (excludes halogenated alkanes) is 5.